The van der Waals surface area contributed by atoms with Gasteiger partial charge < -0.3 is 15.5 Å². The first-order chi connectivity index (χ1) is 20.2. The molecular formula is C30H44N8O3S. The predicted molar refractivity (Wildman–Crippen MR) is 168 cm³/mol. The zero-order valence-corrected chi connectivity index (χ0v) is 26.0. The summed E-state index contributed by atoms with van der Waals surface area (Å²) in [7, 11) is 5.98. The number of anilines is 2. The molecule has 3 aromatic rings. The average molecular weight is 597 g/mol. The highest BCUT2D eigenvalue weighted by molar-refractivity contribution is 7.98. The van der Waals surface area contributed by atoms with Crippen LogP contribution in [0.3, 0.4) is 0 Å². The molecule has 3 aliphatic rings. The van der Waals surface area contributed by atoms with Gasteiger partial charge in [-0.25, -0.2) is 4.79 Å². The van der Waals surface area contributed by atoms with Crippen molar-refractivity contribution in [2.75, 3.05) is 44.1 Å². The van der Waals surface area contributed by atoms with Gasteiger partial charge in [0.2, 0.25) is 11.8 Å². The van der Waals surface area contributed by atoms with Gasteiger partial charge in [-0.1, -0.05) is 25.3 Å². The van der Waals surface area contributed by atoms with E-state index in [0.29, 0.717) is 18.5 Å². The molecule has 2 aromatic heterocycles. The van der Waals surface area contributed by atoms with Crippen molar-refractivity contribution in [2.45, 2.75) is 80.9 Å². The topological polar surface area (TPSA) is 123 Å². The molecule has 1 saturated carbocycles. The summed E-state index contributed by atoms with van der Waals surface area (Å²) in [4.78, 5) is 41.5. The number of carbonyl (C=O) groups is 2. The summed E-state index contributed by atoms with van der Waals surface area (Å²) in [5, 5.41) is 7.84. The Balaban J connectivity index is 0.000000211. The maximum atomic E-state index is 13.0. The zero-order valence-electron chi connectivity index (χ0n) is 25.2. The third-order valence-corrected chi connectivity index (χ3v) is 9.71. The lowest BCUT2D eigenvalue weighted by Gasteiger charge is -2.36. The number of imide groups is 1. The molecule has 2 amide bonds. The van der Waals surface area contributed by atoms with Gasteiger partial charge in [0, 0.05) is 38.8 Å². The van der Waals surface area contributed by atoms with E-state index in [1.54, 1.807) is 27.9 Å². The van der Waals surface area contributed by atoms with Crippen LogP contribution in [0.25, 0.3) is 11.0 Å². The number of imidazole rings is 1. The molecular weight excluding hydrogens is 552 g/mol. The molecule has 2 aliphatic heterocycles. The number of rotatable bonds is 5. The summed E-state index contributed by atoms with van der Waals surface area (Å²) in [6, 6.07) is 6.39. The lowest BCUT2D eigenvalue weighted by atomic mass is 9.96. The monoisotopic (exact) mass is 596 g/mol. The Bertz CT molecular complexity index is 1480. The highest BCUT2D eigenvalue weighted by Gasteiger charge is 2.32. The number of nitrogen functional groups attached to an aromatic ring is 1. The minimum absolute atomic E-state index is 0.222. The van der Waals surface area contributed by atoms with Gasteiger partial charge in [0.25, 0.3) is 0 Å². The van der Waals surface area contributed by atoms with Crippen molar-refractivity contribution >= 4 is 46.0 Å². The average Bonchev–Trinajstić information content (AvgIpc) is 3.50. The van der Waals surface area contributed by atoms with Crippen molar-refractivity contribution in [1.82, 2.24) is 29.1 Å². The number of para-hydroxylation sites is 1. The van der Waals surface area contributed by atoms with Crippen LogP contribution in [0.1, 0.15) is 69.9 Å². The van der Waals surface area contributed by atoms with Crippen LogP contribution in [0.15, 0.2) is 34.2 Å². The van der Waals surface area contributed by atoms with Gasteiger partial charge in [-0.3, -0.25) is 28.7 Å². The van der Waals surface area contributed by atoms with Crippen molar-refractivity contribution in [3.05, 3.63) is 34.9 Å². The first-order valence-corrected chi connectivity index (χ1v) is 16.3. The van der Waals surface area contributed by atoms with Crippen LogP contribution >= 0.6 is 11.8 Å². The second-order valence-corrected chi connectivity index (χ2v) is 12.7. The fraction of sp³-hybridized carbons (Fsp3) is 0.600. The van der Waals surface area contributed by atoms with E-state index in [1.165, 1.54) is 32.1 Å². The van der Waals surface area contributed by atoms with Crippen molar-refractivity contribution in [2.24, 2.45) is 7.05 Å². The maximum Gasteiger partial charge on any atom is 0.329 e. The second kappa shape index (κ2) is 12.9. The van der Waals surface area contributed by atoms with Gasteiger partial charge in [0.05, 0.1) is 28.5 Å². The van der Waals surface area contributed by atoms with Crippen LogP contribution in [0, 0.1) is 0 Å². The molecule has 0 spiro atoms. The smallest absolute Gasteiger partial charge is 0.329 e. The Kier molecular flexibility index (Phi) is 9.32. The molecule has 42 heavy (non-hydrogen) atoms. The maximum absolute atomic E-state index is 13.0. The van der Waals surface area contributed by atoms with Crippen LogP contribution in [0.2, 0.25) is 0 Å². The molecule has 1 unspecified atom stereocenters. The fourth-order valence-corrected chi connectivity index (χ4v) is 7.07. The number of aryl methyl sites for hydroxylation is 1. The first kappa shape index (κ1) is 30.2. The van der Waals surface area contributed by atoms with Gasteiger partial charge in [0.1, 0.15) is 11.1 Å². The van der Waals surface area contributed by atoms with E-state index in [2.05, 4.69) is 39.0 Å². The number of nitrogens with two attached hydrogens (primary N) is 1. The Morgan fingerprint density at radius 1 is 1.02 bits per heavy atom. The van der Waals surface area contributed by atoms with Gasteiger partial charge in [-0.05, 0) is 64.6 Å². The van der Waals surface area contributed by atoms with Crippen LogP contribution < -0.4 is 21.6 Å². The number of benzene rings is 1. The number of piperidine rings is 2. The van der Waals surface area contributed by atoms with E-state index in [-0.39, 0.29) is 18.0 Å². The summed E-state index contributed by atoms with van der Waals surface area (Å²) < 4.78 is 5.25. The predicted octanol–water partition coefficient (Wildman–Crippen LogP) is 3.54. The van der Waals surface area contributed by atoms with Gasteiger partial charge in [-0.15, -0.1) is 11.8 Å². The lowest BCUT2D eigenvalue weighted by molar-refractivity contribution is -0.135. The number of fused-ring (bicyclic) bond motifs is 1. The summed E-state index contributed by atoms with van der Waals surface area (Å²) in [5.74, 6) is -0.679. The standard InChI is InChI=1S/C20H27N5O3.C10H17N3S/c1-22(2)13-9-11-24(12-10-13)14-5-4-6-15-18(14)23(3)20(28)25(15)16-7-8-17(26)21-19(16)27;1-14-10-9(11)7-13(12-10)8-5-3-2-4-6-8/h4-6,13,16H,7-12H2,1-3H3,(H,21,26,27);7-8H,2-6,11H2,1H3. The molecule has 12 heteroatoms. The quantitative estimate of drug-likeness (QED) is 0.339. The highest BCUT2D eigenvalue weighted by Crippen LogP contribution is 2.32. The molecule has 1 aliphatic carbocycles. The Morgan fingerprint density at radius 3 is 2.36 bits per heavy atom. The third-order valence-electron chi connectivity index (χ3n) is 9.01. The molecule has 2 saturated heterocycles. The van der Waals surface area contributed by atoms with Crippen LogP contribution in [-0.4, -0.2) is 75.1 Å². The minimum atomic E-state index is -0.649. The van der Waals surface area contributed by atoms with Crippen molar-refractivity contribution < 1.29 is 9.59 Å². The number of aromatic nitrogens is 4. The van der Waals surface area contributed by atoms with Crippen molar-refractivity contribution in [1.29, 1.82) is 0 Å². The SMILES string of the molecule is CN(C)C1CCN(c2cccc3c2n(C)c(=O)n3C2CCC(=O)NC2=O)CC1.CSc1nn(C2CCCCC2)cc1N. The number of hydrogen-bond acceptors (Lipinski definition) is 8. The van der Waals surface area contributed by atoms with Gasteiger partial charge >= 0.3 is 5.69 Å². The molecule has 6 rings (SSSR count). The lowest BCUT2D eigenvalue weighted by Crippen LogP contribution is -2.44. The second-order valence-electron chi connectivity index (χ2n) is 11.9. The zero-order chi connectivity index (χ0) is 30.0. The van der Waals surface area contributed by atoms with Crippen LogP contribution in [0.5, 0.6) is 0 Å². The van der Waals surface area contributed by atoms with Crippen LogP contribution in [-0.2, 0) is 16.6 Å². The van der Waals surface area contributed by atoms with E-state index >= 15 is 0 Å². The summed E-state index contributed by atoms with van der Waals surface area (Å²) in [6.07, 6.45) is 13.3. The molecule has 228 valence electrons. The van der Waals surface area contributed by atoms with E-state index in [1.807, 2.05) is 30.7 Å². The first-order valence-electron chi connectivity index (χ1n) is 15.0. The Hall–Kier alpha value is -3.25. The van der Waals surface area contributed by atoms with Gasteiger partial charge in [-0.2, -0.15) is 5.10 Å². The fourth-order valence-electron chi connectivity index (χ4n) is 6.61. The van der Waals surface area contributed by atoms with E-state index < -0.39 is 11.9 Å². The molecule has 3 fully saturated rings. The molecule has 3 N–H and O–H groups in total. The summed E-state index contributed by atoms with van der Waals surface area (Å²) in [5.41, 5.74) is 9.08. The number of nitrogens with zero attached hydrogens (tertiary/aromatic N) is 6. The number of nitrogens with one attached hydrogen (secondary N) is 1. The number of hydrogen-bond donors (Lipinski definition) is 2. The summed E-state index contributed by atoms with van der Waals surface area (Å²) in [6.45, 7) is 1.86. The third kappa shape index (κ3) is 6.10. The molecule has 1 atom stereocenters. The minimum Gasteiger partial charge on any atom is -0.395 e. The number of amides is 2. The Morgan fingerprint density at radius 2 is 1.74 bits per heavy atom. The van der Waals surface area contributed by atoms with E-state index in [4.69, 9.17) is 5.73 Å². The number of carbonyl (C=O) groups excluding carboxylic acids is 2. The largest absolute Gasteiger partial charge is 0.395 e. The highest BCUT2D eigenvalue weighted by atomic mass is 32.2. The Labute approximate surface area is 251 Å². The molecule has 0 bridgehead atoms. The molecule has 11 nitrogen and oxygen atoms in total. The van der Waals surface area contributed by atoms with E-state index in [9.17, 15) is 14.4 Å². The van der Waals surface area contributed by atoms with Crippen LogP contribution in [0.4, 0.5) is 11.4 Å². The number of thioether (sulfide) groups is 1. The molecule has 1 aromatic carbocycles. The van der Waals surface area contributed by atoms with E-state index in [0.717, 1.165) is 53.4 Å². The van der Waals surface area contributed by atoms with Crippen molar-refractivity contribution in [3.8, 4) is 0 Å². The summed E-state index contributed by atoms with van der Waals surface area (Å²) >= 11 is 1.62. The van der Waals surface area contributed by atoms with Gasteiger partial charge in [0.15, 0.2) is 0 Å². The normalized spacial score (nSPS) is 20.6. The molecule has 0 radical (unpaired) electrons. The van der Waals surface area contributed by atoms with Crippen molar-refractivity contribution in [3.63, 3.8) is 0 Å². The molecule has 4 heterocycles.